The average Bonchev–Trinajstić information content (AvgIpc) is 3.16. The lowest BCUT2D eigenvalue weighted by molar-refractivity contribution is -0.127. The van der Waals surface area contributed by atoms with Crippen molar-refractivity contribution in [3.8, 4) is 5.75 Å². The van der Waals surface area contributed by atoms with E-state index >= 15 is 0 Å². The molecular weight excluding hydrogens is 368 g/mol. The number of halogens is 1. The second kappa shape index (κ2) is 11.0. The first-order valence-corrected chi connectivity index (χ1v) is 9.53. The third-order valence-electron chi connectivity index (χ3n) is 4.25. The maximum Gasteiger partial charge on any atom is 0.243 e. The van der Waals surface area contributed by atoms with Crippen LogP contribution < -0.4 is 10.1 Å². The molecule has 1 amide bonds. The summed E-state index contributed by atoms with van der Waals surface area (Å²) in [7, 11) is 5.37. The van der Waals surface area contributed by atoms with Gasteiger partial charge in [-0.1, -0.05) is 11.6 Å². The van der Waals surface area contributed by atoms with E-state index in [-0.39, 0.29) is 18.6 Å². The van der Waals surface area contributed by atoms with E-state index in [1.807, 2.05) is 24.1 Å². The molecule has 7 nitrogen and oxygen atoms in total. The van der Waals surface area contributed by atoms with E-state index in [2.05, 4.69) is 10.3 Å². The van der Waals surface area contributed by atoms with Gasteiger partial charge in [-0.15, -0.1) is 0 Å². The van der Waals surface area contributed by atoms with Crippen molar-refractivity contribution in [3.05, 3.63) is 29.3 Å². The van der Waals surface area contributed by atoms with Crippen molar-refractivity contribution in [1.29, 1.82) is 0 Å². The fourth-order valence-corrected chi connectivity index (χ4v) is 2.67. The number of carbonyl (C=O) groups excluding carboxylic acids is 1. The highest BCUT2D eigenvalue weighted by atomic mass is 35.5. The van der Waals surface area contributed by atoms with Gasteiger partial charge in [0.05, 0.1) is 12.6 Å². The van der Waals surface area contributed by atoms with Crippen LogP contribution in [0.4, 0.5) is 0 Å². The molecule has 1 aliphatic rings. The number of benzene rings is 1. The first-order chi connectivity index (χ1) is 13.0. The lowest BCUT2D eigenvalue weighted by Crippen LogP contribution is -2.44. The number of nitrogens with one attached hydrogen (secondary N) is 1. The molecule has 0 aliphatic carbocycles. The molecular formula is C19H29ClN4O3. The minimum atomic E-state index is -0.0442. The van der Waals surface area contributed by atoms with Crippen LogP contribution in [0.1, 0.15) is 12.8 Å². The van der Waals surface area contributed by atoms with Crippen LogP contribution >= 0.6 is 11.6 Å². The fourth-order valence-electron chi connectivity index (χ4n) is 2.54. The third kappa shape index (κ3) is 7.64. The molecule has 0 bridgehead atoms. The first-order valence-electron chi connectivity index (χ1n) is 9.15. The lowest BCUT2D eigenvalue weighted by atomic mass is 10.2. The largest absolute Gasteiger partial charge is 0.492 e. The molecule has 1 heterocycles. The lowest BCUT2D eigenvalue weighted by Gasteiger charge is -2.24. The second-order valence-corrected chi connectivity index (χ2v) is 7.10. The number of carbonyl (C=O) groups is 1. The Bertz CT molecular complexity index is 616. The van der Waals surface area contributed by atoms with Crippen molar-refractivity contribution in [3.63, 3.8) is 0 Å². The number of hydrogen-bond acceptors (Lipinski definition) is 4. The Morgan fingerprint density at radius 3 is 2.70 bits per heavy atom. The van der Waals surface area contributed by atoms with Crippen molar-refractivity contribution >= 4 is 23.5 Å². The topological polar surface area (TPSA) is 66.4 Å². The molecule has 1 atom stereocenters. The summed E-state index contributed by atoms with van der Waals surface area (Å²) in [4.78, 5) is 19.8. The summed E-state index contributed by atoms with van der Waals surface area (Å²) in [6.07, 6.45) is 2.32. The number of guanidine groups is 1. The molecule has 1 N–H and O–H groups in total. The number of aliphatic imine (C=N–C) groups is 1. The highest BCUT2D eigenvalue weighted by Crippen LogP contribution is 2.15. The summed E-state index contributed by atoms with van der Waals surface area (Å²) in [5, 5.41) is 4.00. The second-order valence-electron chi connectivity index (χ2n) is 6.67. The molecule has 2 rings (SSSR count). The van der Waals surface area contributed by atoms with E-state index in [1.165, 1.54) is 4.90 Å². The molecule has 150 valence electrons. The normalized spacial score (nSPS) is 16.9. The smallest absolute Gasteiger partial charge is 0.243 e. The van der Waals surface area contributed by atoms with Crippen LogP contribution in [-0.2, 0) is 9.53 Å². The van der Waals surface area contributed by atoms with Gasteiger partial charge in [0.2, 0.25) is 5.91 Å². The summed E-state index contributed by atoms with van der Waals surface area (Å²) in [6.45, 7) is 2.69. The van der Waals surface area contributed by atoms with Gasteiger partial charge in [0.25, 0.3) is 0 Å². The van der Waals surface area contributed by atoms with Gasteiger partial charge in [-0.3, -0.25) is 4.79 Å². The SMILES string of the molecule is CN(C)C(=O)CN=C(NCC1CCCO1)N(C)CCOc1ccc(Cl)cc1. The van der Waals surface area contributed by atoms with Crippen molar-refractivity contribution in [2.24, 2.45) is 4.99 Å². The van der Waals surface area contributed by atoms with Crippen molar-refractivity contribution in [2.75, 3.05) is 54.0 Å². The number of likely N-dealkylation sites (N-methyl/N-ethyl adjacent to an activating group) is 2. The summed E-state index contributed by atoms with van der Waals surface area (Å²) in [6, 6.07) is 7.26. The monoisotopic (exact) mass is 396 g/mol. The van der Waals surface area contributed by atoms with Gasteiger partial charge >= 0.3 is 0 Å². The van der Waals surface area contributed by atoms with Crippen LogP contribution in [0.2, 0.25) is 5.02 Å². The van der Waals surface area contributed by atoms with Crippen LogP contribution in [0, 0.1) is 0 Å². The maximum absolute atomic E-state index is 11.9. The Morgan fingerprint density at radius 2 is 2.07 bits per heavy atom. The molecule has 1 saturated heterocycles. The van der Waals surface area contributed by atoms with Gasteiger partial charge in [0, 0.05) is 39.3 Å². The third-order valence-corrected chi connectivity index (χ3v) is 4.50. The number of rotatable bonds is 8. The van der Waals surface area contributed by atoms with Gasteiger partial charge in [0.1, 0.15) is 18.9 Å². The Balaban J connectivity index is 1.87. The molecule has 0 radical (unpaired) electrons. The zero-order valence-corrected chi connectivity index (χ0v) is 17.0. The molecule has 0 aromatic heterocycles. The molecule has 0 saturated carbocycles. The minimum Gasteiger partial charge on any atom is -0.492 e. The van der Waals surface area contributed by atoms with E-state index in [4.69, 9.17) is 21.1 Å². The first kappa shape index (κ1) is 21.3. The van der Waals surface area contributed by atoms with Crippen molar-refractivity contribution in [2.45, 2.75) is 18.9 Å². The van der Waals surface area contributed by atoms with E-state index in [9.17, 15) is 4.79 Å². The number of hydrogen-bond donors (Lipinski definition) is 1. The van der Waals surface area contributed by atoms with Crippen LogP contribution in [0.5, 0.6) is 5.75 Å². The molecule has 1 aromatic carbocycles. The zero-order chi connectivity index (χ0) is 19.6. The summed E-state index contributed by atoms with van der Waals surface area (Å²) in [5.74, 6) is 1.39. The molecule has 1 unspecified atom stereocenters. The van der Waals surface area contributed by atoms with Crippen molar-refractivity contribution < 1.29 is 14.3 Å². The molecule has 8 heteroatoms. The summed E-state index contributed by atoms with van der Waals surface area (Å²) in [5.41, 5.74) is 0. The Hall–Kier alpha value is -1.99. The molecule has 27 heavy (non-hydrogen) atoms. The highest BCUT2D eigenvalue weighted by Gasteiger charge is 2.17. The predicted octanol–water partition coefficient (Wildman–Crippen LogP) is 1.86. The number of nitrogens with zero attached hydrogens (tertiary/aromatic N) is 3. The van der Waals surface area contributed by atoms with Crippen LogP contribution in [0.15, 0.2) is 29.3 Å². The quantitative estimate of drug-likeness (QED) is 0.536. The zero-order valence-electron chi connectivity index (χ0n) is 16.3. The Kier molecular flexibility index (Phi) is 8.67. The molecule has 1 fully saturated rings. The Morgan fingerprint density at radius 1 is 1.33 bits per heavy atom. The predicted molar refractivity (Wildman–Crippen MR) is 108 cm³/mol. The van der Waals surface area contributed by atoms with Crippen LogP contribution in [0.3, 0.4) is 0 Å². The average molecular weight is 397 g/mol. The van der Waals surface area contributed by atoms with Crippen LogP contribution in [0.25, 0.3) is 0 Å². The van der Waals surface area contributed by atoms with Gasteiger partial charge in [-0.2, -0.15) is 0 Å². The number of amides is 1. The van der Waals surface area contributed by atoms with Gasteiger partial charge in [-0.05, 0) is 37.1 Å². The van der Waals surface area contributed by atoms with E-state index < -0.39 is 0 Å². The summed E-state index contributed by atoms with van der Waals surface area (Å²) >= 11 is 5.88. The van der Waals surface area contributed by atoms with Crippen LogP contribution in [-0.4, -0.2) is 81.8 Å². The molecule has 1 aliphatic heterocycles. The van der Waals surface area contributed by atoms with Crippen molar-refractivity contribution in [1.82, 2.24) is 15.1 Å². The molecule has 1 aromatic rings. The number of ether oxygens (including phenoxy) is 2. The van der Waals surface area contributed by atoms with E-state index in [0.29, 0.717) is 30.7 Å². The van der Waals surface area contributed by atoms with E-state index in [0.717, 1.165) is 25.2 Å². The fraction of sp³-hybridized carbons (Fsp3) is 0.579. The molecule has 0 spiro atoms. The highest BCUT2D eigenvalue weighted by molar-refractivity contribution is 6.30. The minimum absolute atomic E-state index is 0.0442. The van der Waals surface area contributed by atoms with E-state index in [1.54, 1.807) is 26.2 Å². The maximum atomic E-state index is 11.9. The van der Waals surface area contributed by atoms with Gasteiger partial charge in [0.15, 0.2) is 5.96 Å². The van der Waals surface area contributed by atoms with Gasteiger partial charge in [-0.25, -0.2) is 4.99 Å². The van der Waals surface area contributed by atoms with Gasteiger partial charge < -0.3 is 24.6 Å². The Labute approximate surface area is 166 Å². The standard InChI is InChI=1S/C19H29ClN4O3/c1-23(2)18(25)14-22-19(21-13-17-5-4-11-26-17)24(3)10-12-27-16-8-6-15(20)7-9-16/h6-9,17H,4-5,10-14H2,1-3H3,(H,21,22). The summed E-state index contributed by atoms with van der Waals surface area (Å²) < 4.78 is 11.4.